The third-order valence-electron chi connectivity index (χ3n) is 3.29. The summed E-state index contributed by atoms with van der Waals surface area (Å²) in [6, 6.07) is 3.42. The van der Waals surface area contributed by atoms with Crippen molar-refractivity contribution in [3.05, 3.63) is 29.8 Å². The van der Waals surface area contributed by atoms with Crippen LogP contribution in [0.15, 0.2) is 18.3 Å². The number of likely N-dealkylation sites (N-methyl/N-ethyl adjacent to an activating group) is 2. The topological polar surface area (TPSA) is 31.4 Å². The number of hydrogen-bond donors (Lipinski definition) is 1. The molecule has 1 atom stereocenters. The molecule has 1 heterocycles. The van der Waals surface area contributed by atoms with Crippen molar-refractivity contribution in [2.24, 2.45) is 0 Å². The number of halogens is 1. The molecule has 20 heavy (non-hydrogen) atoms. The Bertz CT molecular complexity index is 367. The Hall–Kier alpha value is -1.04. The van der Waals surface area contributed by atoms with Gasteiger partial charge in [0, 0.05) is 13.1 Å². The SMILES string of the molecule is CCNC(CCN(C)CCN(C)C)c1ccc(F)cn1. The molecular weight excluding hydrogens is 255 g/mol. The van der Waals surface area contributed by atoms with E-state index in [2.05, 4.69) is 48.2 Å². The van der Waals surface area contributed by atoms with Gasteiger partial charge in [0.15, 0.2) is 0 Å². The molecule has 0 amide bonds. The Labute approximate surface area is 122 Å². The van der Waals surface area contributed by atoms with Crippen molar-refractivity contribution >= 4 is 0 Å². The van der Waals surface area contributed by atoms with Gasteiger partial charge in [0.25, 0.3) is 0 Å². The van der Waals surface area contributed by atoms with Crippen LogP contribution in [-0.4, -0.2) is 62.1 Å². The molecule has 4 nitrogen and oxygen atoms in total. The Balaban J connectivity index is 2.48. The van der Waals surface area contributed by atoms with Gasteiger partial charge in [-0.15, -0.1) is 0 Å². The van der Waals surface area contributed by atoms with Gasteiger partial charge in [0.05, 0.1) is 17.9 Å². The molecule has 0 fully saturated rings. The lowest BCUT2D eigenvalue weighted by Crippen LogP contribution is -2.32. The fraction of sp³-hybridized carbons (Fsp3) is 0.667. The van der Waals surface area contributed by atoms with Gasteiger partial charge < -0.3 is 15.1 Å². The van der Waals surface area contributed by atoms with Gasteiger partial charge >= 0.3 is 0 Å². The van der Waals surface area contributed by atoms with Crippen molar-refractivity contribution < 1.29 is 4.39 Å². The van der Waals surface area contributed by atoms with Crippen LogP contribution in [0.5, 0.6) is 0 Å². The molecule has 0 aliphatic carbocycles. The first-order valence-corrected chi connectivity index (χ1v) is 7.21. The van der Waals surface area contributed by atoms with Crippen LogP contribution < -0.4 is 5.32 Å². The molecule has 0 aliphatic heterocycles. The summed E-state index contributed by atoms with van der Waals surface area (Å²) >= 11 is 0. The van der Waals surface area contributed by atoms with Crippen LogP contribution in [0.4, 0.5) is 4.39 Å². The highest BCUT2D eigenvalue weighted by Gasteiger charge is 2.12. The Morgan fingerprint density at radius 3 is 2.50 bits per heavy atom. The maximum absolute atomic E-state index is 12.9. The maximum Gasteiger partial charge on any atom is 0.141 e. The van der Waals surface area contributed by atoms with E-state index < -0.39 is 0 Å². The highest BCUT2D eigenvalue weighted by atomic mass is 19.1. The van der Waals surface area contributed by atoms with Crippen molar-refractivity contribution in [3.63, 3.8) is 0 Å². The molecule has 0 saturated carbocycles. The molecule has 114 valence electrons. The number of nitrogens with zero attached hydrogens (tertiary/aromatic N) is 3. The quantitative estimate of drug-likeness (QED) is 0.748. The zero-order valence-corrected chi connectivity index (χ0v) is 13.1. The van der Waals surface area contributed by atoms with Crippen LogP contribution in [0.1, 0.15) is 25.1 Å². The van der Waals surface area contributed by atoms with Gasteiger partial charge in [-0.1, -0.05) is 6.92 Å². The summed E-state index contributed by atoms with van der Waals surface area (Å²) in [5.41, 5.74) is 0.911. The van der Waals surface area contributed by atoms with Crippen molar-refractivity contribution in [1.29, 1.82) is 0 Å². The van der Waals surface area contributed by atoms with E-state index in [1.807, 2.05) is 0 Å². The number of aromatic nitrogens is 1. The standard InChI is InChI=1S/C15H27FN4/c1-5-17-15(14-7-6-13(16)12-18-14)8-9-20(4)11-10-19(2)3/h6-7,12,15,17H,5,8-11H2,1-4H3. The number of pyridine rings is 1. The molecule has 5 heteroatoms. The van der Waals surface area contributed by atoms with E-state index in [1.54, 1.807) is 6.07 Å². The smallest absolute Gasteiger partial charge is 0.141 e. The second-order valence-electron chi connectivity index (χ2n) is 5.41. The van der Waals surface area contributed by atoms with Gasteiger partial charge in [0.1, 0.15) is 5.82 Å². The molecule has 1 rings (SSSR count). The minimum atomic E-state index is -0.285. The Kier molecular flexibility index (Phi) is 7.65. The second-order valence-corrected chi connectivity index (χ2v) is 5.41. The predicted octanol–water partition coefficient (Wildman–Crippen LogP) is 1.75. The monoisotopic (exact) mass is 282 g/mol. The van der Waals surface area contributed by atoms with Crippen LogP contribution in [-0.2, 0) is 0 Å². The van der Waals surface area contributed by atoms with Crippen LogP contribution in [0.3, 0.4) is 0 Å². The van der Waals surface area contributed by atoms with Gasteiger partial charge in [-0.05, 0) is 52.8 Å². The average molecular weight is 282 g/mol. The van der Waals surface area contributed by atoms with E-state index in [-0.39, 0.29) is 11.9 Å². The first kappa shape index (κ1) is 17.0. The van der Waals surface area contributed by atoms with Gasteiger partial charge in [-0.25, -0.2) is 4.39 Å². The summed E-state index contributed by atoms with van der Waals surface area (Å²) in [5, 5.41) is 3.42. The molecule has 1 unspecified atom stereocenters. The Morgan fingerprint density at radius 1 is 1.20 bits per heavy atom. The molecule has 0 aromatic carbocycles. The highest BCUT2D eigenvalue weighted by Crippen LogP contribution is 2.14. The minimum Gasteiger partial charge on any atom is -0.309 e. The molecular formula is C15H27FN4. The van der Waals surface area contributed by atoms with E-state index in [0.29, 0.717) is 0 Å². The van der Waals surface area contributed by atoms with E-state index in [9.17, 15) is 4.39 Å². The number of rotatable bonds is 9. The summed E-state index contributed by atoms with van der Waals surface area (Å²) in [7, 11) is 6.29. The van der Waals surface area contributed by atoms with Crippen LogP contribution in [0.2, 0.25) is 0 Å². The minimum absolute atomic E-state index is 0.183. The largest absolute Gasteiger partial charge is 0.309 e. The van der Waals surface area contributed by atoms with Gasteiger partial charge in [-0.2, -0.15) is 0 Å². The van der Waals surface area contributed by atoms with Crippen molar-refractivity contribution in [3.8, 4) is 0 Å². The lowest BCUT2D eigenvalue weighted by molar-refractivity contribution is 0.268. The van der Waals surface area contributed by atoms with Crippen LogP contribution in [0, 0.1) is 5.82 Å². The number of hydrogen-bond acceptors (Lipinski definition) is 4. The van der Waals surface area contributed by atoms with E-state index in [0.717, 1.165) is 38.3 Å². The normalized spacial score (nSPS) is 13.2. The molecule has 0 radical (unpaired) electrons. The van der Waals surface area contributed by atoms with E-state index >= 15 is 0 Å². The molecule has 0 spiro atoms. The third-order valence-corrected chi connectivity index (χ3v) is 3.29. The van der Waals surface area contributed by atoms with Crippen molar-refractivity contribution in [2.75, 3.05) is 47.3 Å². The lowest BCUT2D eigenvalue weighted by atomic mass is 10.1. The summed E-state index contributed by atoms with van der Waals surface area (Å²) in [6.45, 7) is 6.04. The van der Waals surface area contributed by atoms with Crippen molar-refractivity contribution in [2.45, 2.75) is 19.4 Å². The highest BCUT2D eigenvalue weighted by molar-refractivity contribution is 5.09. The molecule has 1 aromatic rings. The first-order chi connectivity index (χ1) is 9.52. The first-order valence-electron chi connectivity index (χ1n) is 7.21. The zero-order valence-electron chi connectivity index (χ0n) is 13.1. The zero-order chi connectivity index (χ0) is 15.0. The maximum atomic E-state index is 12.9. The number of nitrogens with one attached hydrogen (secondary N) is 1. The summed E-state index contributed by atoms with van der Waals surface area (Å²) in [4.78, 5) is 8.68. The summed E-state index contributed by atoms with van der Waals surface area (Å²) < 4.78 is 12.9. The molecule has 1 N–H and O–H groups in total. The van der Waals surface area contributed by atoms with E-state index in [1.165, 1.54) is 12.3 Å². The molecule has 0 saturated heterocycles. The third kappa shape index (κ3) is 6.41. The molecule has 0 bridgehead atoms. The van der Waals surface area contributed by atoms with Gasteiger partial charge in [-0.3, -0.25) is 4.98 Å². The summed E-state index contributed by atoms with van der Waals surface area (Å²) in [6.07, 6.45) is 2.26. The van der Waals surface area contributed by atoms with Crippen molar-refractivity contribution in [1.82, 2.24) is 20.1 Å². The van der Waals surface area contributed by atoms with Gasteiger partial charge in [0.2, 0.25) is 0 Å². The van der Waals surface area contributed by atoms with Crippen LogP contribution >= 0.6 is 0 Å². The van der Waals surface area contributed by atoms with E-state index in [4.69, 9.17) is 0 Å². The molecule has 0 aliphatic rings. The fourth-order valence-corrected chi connectivity index (χ4v) is 2.03. The molecule has 1 aromatic heterocycles. The van der Waals surface area contributed by atoms with Crippen LogP contribution in [0.25, 0.3) is 0 Å². The predicted molar refractivity (Wildman–Crippen MR) is 81.3 cm³/mol. The lowest BCUT2D eigenvalue weighted by Gasteiger charge is -2.23. The summed E-state index contributed by atoms with van der Waals surface area (Å²) in [5.74, 6) is -0.285. The fourth-order valence-electron chi connectivity index (χ4n) is 2.03. The second kappa shape index (κ2) is 9.00. The Morgan fingerprint density at radius 2 is 1.95 bits per heavy atom. The average Bonchev–Trinajstić information content (AvgIpc) is 2.42.